The van der Waals surface area contributed by atoms with Crippen molar-refractivity contribution in [2.45, 2.75) is 26.1 Å². The lowest BCUT2D eigenvalue weighted by Crippen LogP contribution is -2.04. The van der Waals surface area contributed by atoms with Crippen molar-refractivity contribution in [2.75, 3.05) is 0 Å². The first-order valence-electron chi connectivity index (χ1n) is 6.28. The molecule has 0 bridgehead atoms. The third-order valence-electron chi connectivity index (χ3n) is 2.81. The lowest BCUT2D eigenvalue weighted by molar-refractivity contribution is 0.195. The molecule has 2 nitrogen and oxygen atoms in total. The van der Waals surface area contributed by atoms with Gasteiger partial charge in [-0.15, -0.1) is 0 Å². The third-order valence-corrected chi connectivity index (χ3v) is 3.58. The Labute approximate surface area is 122 Å². The first-order chi connectivity index (χ1) is 9.15. The van der Waals surface area contributed by atoms with Crippen molar-refractivity contribution in [2.24, 2.45) is 0 Å². The number of aliphatic hydroxyl groups is 1. The van der Waals surface area contributed by atoms with Crippen molar-refractivity contribution in [3.05, 3.63) is 64.1 Å². The SMILES string of the molecule is CC(O)Cc1ccc(OCc2ccccc2Br)cc1. The second-order valence-corrected chi connectivity index (χ2v) is 5.43. The van der Waals surface area contributed by atoms with Gasteiger partial charge in [0.15, 0.2) is 0 Å². The molecule has 100 valence electrons. The van der Waals surface area contributed by atoms with Gasteiger partial charge < -0.3 is 9.84 Å². The van der Waals surface area contributed by atoms with Crippen molar-refractivity contribution in [3.63, 3.8) is 0 Å². The van der Waals surface area contributed by atoms with E-state index in [1.165, 1.54) is 0 Å². The minimum atomic E-state index is -0.313. The zero-order chi connectivity index (χ0) is 13.7. The van der Waals surface area contributed by atoms with Crippen molar-refractivity contribution in [1.29, 1.82) is 0 Å². The normalized spacial score (nSPS) is 12.2. The second kappa shape index (κ2) is 6.73. The van der Waals surface area contributed by atoms with E-state index in [4.69, 9.17) is 4.74 Å². The summed E-state index contributed by atoms with van der Waals surface area (Å²) in [5, 5.41) is 9.32. The molecule has 2 aromatic rings. The van der Waals surface area contributed by atoms with Gasteiger partial charge in [0.25, 0.3) is 0 Å². The summed E-state index contributed by atoms with van der Waals surface area (Å²) >= 11 is 3.50. The average molecular weight is 321 g/mol. The summed E-state index contributed by atoms with van der Waals surface area (Å²) in [6.07, 6.45) is 0.358. The largest absolute Gasteiger partial charge is 0.489 e. The fourth-order valence-corrected chi connectivity index (χ4v) is 2.24. The Hall–Kier alpha value is -1.32. The van der Waals surface area contributed by atoms with E-state index in [1.807, 2.05) is 48.5 Å². The molecule has 1 unspecified atom stereocenters. The van der Waals surface area contributed by atoms with Crippen LogP contribution in [-0.4, -0.2) is 11.2 Å². The van der Waals surface area contributed by atoms with Crippen molar-refractivity contribution in [3.8, 4) is 5.75 Å². The first kappa shape index (κ1) is 14.1. The maximum Gasteiger partial charge on any atom is 0.119 e. The molecule has 19 heavy (non-hydrogen) atoms. The first-order valence-corrected chi connectivity index (χ1v) is 7.07. The molecule has 1 atom stereocenters. The van der Waals surface area contributed by atoms with Gasteiger partial charge >= 0.3 is 0 Å². The van der Waals surface area contributed by atoms with Crippen molar-refractivity contribution in [1.82, 2.24) is 0 Å². The fourth-order valence-electron chi connectivity index (χ4n) is 1.84. The highest BCUT2D eigenvalue weighted by Gasteiger charge is 2.02. The molecule has 0 saturated carbocycles. The van der Waals surface area contributed by atoms with Gasteiger partial charge in [-0.2, -0.15) is 0 Å². The second-order valence-electron chi connectivity index (χ2n) is 4.58. The summed E-state index contributed by atoms with van der Waals surface area (Å²) in [4.78, 5) is 0. The van der Waals surface area contributed by atoms with Crippen LogP contribution in [0.25, 0.3) is 0 Å². The number of ether oxygens (including phenoxy) is 1. The van der Waals surface area contributed by atoms with Gasteiger partial charge in [-0.05, 0) is 37.1 Å². The smallest absolute Gasteiger partial charge is 0.119 e. The van der Waals surface area contributed by atoms with Crippen LogP contribution in [0.3, 0.4) is 0 Å². The van der Waals surface area contributed by atoms with Crippen LogP contribution in [0, 0.1) is 0 Å². The van der Waals surface area contributed by atoms with Gasteiger partial charge in [0.05, 0.1) is 6.10 Å². The highest BCUT2D eigenvalue weighted by Crippen LogP contribution is 2.19. The van der Waals surface area contributed by atoms with E-state index in [9.17, 15) is 5.11 Å². The van der Waals surface area contributed by atoms with Gasteiger partial charge in [0.2, 0.25) is 0 Å². The number of aliphatic hydroxyl groups excluding tert-OH is 1. The van der Waals surface area contributed by atoms with Crippen LogP contribution in [0.4, 0.5) is 0 Å². The summed E-state index contributed by atoms with van der Waals surface area (Å²) in [6.45, 7) is 2.33. The summed E-state index contributed by atoms with van der Waals surface area (Å²) in [7, 11) is 0. The molecule has 0 heterocycles. The Morgan fingerprint density at radius 3 is 2.42 bits per heavy atom. The summed E-state index contributed by atoms with van der Waals surface area (Å²) < 4.78 is 6.80. The van der Waals surface area contributed by atoms with E-state index in [2.05, 4.69) is 15.9 Å². The molecule has 0 amide bonds. The van der Waals surface area contributed by atoms with Gasteiger partial charge in [-0.25, -0.2) is 0 Å². The Balaban J connectivity index is 1.95. The number of benzene rings is 2. The Morgan fingerprint density at radius 2 is 1.79 bits per heavy atom. The molecule has 0 aliphatic rings. The molecule has 1 N–H and O–H groups in total. The molecule has 0 spiro atoms. The van der Waals surface area contributed by atoms with Crippen molar-refractivity contribution < 1.29 is 9.84 Å². The number of rotatable bonds is 5. The van der Waals surface area contributed by atoms with Crippen LogP contribution in [0.15, 0.2) is 53.0 Å². The fraction of sp³-hybridized carbons (Fsp3) is 0.250. The highest BCUT2D eigenvalue weighted by molar-refractivity contribution is 9.10. The molecular formula is C16H17BrO2. The highest BCUT2D eigenvalue weighted by atomic mass is 79.9. The lowest BCUT2D eigenvalue weighted by Gasteiger charge is -2.09. The molecule has 0 radical (unpaired) electrons. The number of hydrogen-bond donors (Lipinski definition) is 1. The van der Waals surface area contributed by atoms with Crippen LogP contribution in [0.5, 0.6) is 5.75 Å². The Morgan fingerprint density at radius 1 is 1.11 bits per heavy atom. The molecule has 0 aromatic heterocycles. The zero-order valence-corrected chi connectivity index (χ0v) is 12.4. The van der Waals surface area contributed by atoms with Crippen molar-refractivity contribution >= 4 is 15.9 Å². The van der Waals surface area contributed by atoms with Gasteiger partial charge in [-0.3, -0.25) is 0 Å². The molecule has 2 rings (SSSR count). The maximum absolute atomic E-state index is 9.32. The molecule has 2 aromatic carbocycles. The van der Waals surface area contributed by atoms with E-state index in [0.29, 0.717) is 13.0 Å². The minimum Gasteiger partial charge on any atom is -0.489 e. The van der Waals surface area contributed by atoms with Crippen LogP contribution >= 0.6 is 15.9 Å². The Kier molecular flexibility index (Phi) is 5.00. The summed E-state index contributed by atoms with van der Waals surface area (Å²) in [5.41, 5.74) is 2.23. The zero-order valence-electron chi connectivity index (χ0n) is 10.8. The maximum atomic E-state index is 9.32. The molecule has 0 saturated heterocycles. The summed E-state index contributed by atoms with van der Waals surface area (Å²) in [5.74, 6) is 0.838. The third kappa shape index (κ3) is 4.37. The van der Waals surface area contributed by atoms with E-state index < -0.39 is 0 Å². The lowest BCUT2D eigenvalue weighted by atomic mass is 10.1. The van der Waals surface area contributed by atoms with E-state index in [-0.39, 0.29) is 6.10 Å². The topological polar surface area (TPSA) is 29.5 Å². The van der Waals surface area contributed by atoms with E-state index in [0.717, 1.165) is 21.3 Å². The molecule has 3 heteroatoms. The standard InChI is InChI=1S/C16H17BrO2/c1-12(18)10-13-6-8-15(9-7-13)19-11-14-4-2-3-5-16(14)17/h2-9,12,18H,10-11H2,1H3. The molecule has 0 fully saturated rings. The number of halogens is 1. The molecule has 0 aliphatic carbocycles. The average Bonchev–Trinajstić information content (AvgIpc) is 2.39. The van der Waals surface area contributed by atoms with Crippen LogP contribution in [0.2, 0.25) is 0 Å². The van der Waals surface area contributed by atoms with Gasteiger partial charge in [-0.1, -0.05) is 46.3 Å². The minimum absolute atomic E-state index is 0.313. The van der Waals surface area contributed by atoms with Gasteiger partial charge in [0.1, 0.15) is 12.4 Å². The van der Waals surface area contributed by atoms with E-state index in [1.54, 1.807) is 6.92 Å². The predicted molar refractivity (Wildman–Crippen MR) is 80.3 cm³/mol. The molecule has 0 aliphatic heterocycles. The summed E-state index contributed by atoms with van der Waals surface area (Å²) in [6, 6.07) is 15.9. The quantitative estimate of drug-likeness (QED) is 0.903. The number of hydrogen-bond acceptors (Lipinski definition) is 2. The van der Waals surface area contributed by atoms with Crippen LogP contribution in [-0.2, 0) is 13.0 Å². The molecular weight excluding hydrogens is 304 g/mol. The predicted octanol–water partition coefficient (Wildman–Crippen LogP) is 3.95. The van der Waals surface area contributed by atoms with Crippen LogP contribution < -0.4 is 4.74 Å². The van der Waals surface area contributed by atoms with E-state index >= 15 is 0 Å². The van der Waals surface area contributed by atoms with Gasteiger partial charge in [0, 0.05) is 10.0 Å². The van der Waals surface area contributed by atoms with Crippen LogP contribution in [0.1, 0.15) is 18.1 Å². The monoisotopic (exact) mass is 320 g/mol. The Bertz CT molecular complexity index is 521.